The van der Waals surface area contributed by atoms with E-state index < -0.39 is 5.97 Å². The lowest BCUT2D eigenvalue weighted by Gasteiger charge is -2.10. The SMILES string of the molecule is Cc1cc(C(=O)COC(=O)c2ccccc2OCc2csc(C)n2)c(C)s1. The van der Waals surface area contributed by atoms with Gasteiger partial charge in [0, 0.05) is 20.7 Å². The minimum absolute atomic E-state index is 0.207. The van der Waals surface area contributed by atoms with Gasteiger partial charge in [-0.15, -0.1) is 22.7 Å². The van der Waals surface area contributed by atoms with E-state index in [9.17, 15) is 9.59 Å². The molecule has 140 valence electrons. The van der Waals surface area contributed by atoms with Crippen molar-refractivity contribution in [2.45, 2.75) is 27.4 Å². The number of carbonyl (C=O) groups excluding carboxylic acids is 2. The molecule has 0 amide bonds. The lowest BCUT2D eigenvalue weighted by atomic mass is 10.1. The van der Waals surface area contributed by atoms with E-state index in [0.717, 1.165) is 20.5 Å². The van der Waals surface area contributed by atoms with Crippen LogP contribution in [0.2, 0.25) is 0 Å². The van der Waals surface area contributed by atoms with E-state index >= 15 is 0 Å². The van der Waals surface area contributed by atoms with Crippen LogP contribution in [0.15, 0.2) is 35.7 Å². The number of ether oxygens (including phenoxy) is 2. The fourth-order valence-electron chi connectivity index (χ4n) is 2.58. The predicted octanol–water partition coefficient (Wildman–Crippen LogP) is 4.75. The van der Waals surface area contributed by atoms with E-state index in [0.29, 0.717) is 11.3 Å². The third-order valence-corrected chi connectivity index (χ3v) is 5.61. The number of hydrogen-bond acceptors (Lipinski definition) is 7. The van der Waals surface area contributed by atoms with Crippen LogP contribution in [0, 0.1) is 20.8 Å². The number of benzene rings is 1. The first kappa shape index (κ1) is 19.3. The maximum atomic E-state index is 12.4. The van der Waals surface area contributed by atoms with Crippen LogP contribution in [0.25, 0.3) is 0 Å². The first-order valence-corrected chi connectivity index (χ1v) is 10.0. The number of esters is 1. The third kappa shape index (κ3) is 4.81. The molecule has 0 bridgehead atoms. The molecular weight excluding hydrogens is 382 g/mol. The van der Waals surface area contributed by atoms with Gasteiger partial charge in [0.2, 0.25) is 5.78 Å². The molecule has 0 saturated carbocycles. The minimum Gasteiger partial charge on any atom is -0.486 e. The zero-order chi connectivity index (χ0) is 19.4. The van der Waals surface area contributed by atoms with Gasteiger partial charge < -0.3 is 9.47 Å². The maximum absolute atomic E-state index is 12.4. The second kappa shape index (κ2) is 8.45. The second-order valence-corrected chi connectivity index (χ2v) is 8.49. The fraction of sp³-hybridized carbons (Fsp3) is 0.250. The van der Waals surface area contributed by atoms with E-state index in [-0.39, 0.29) is 24.6 Å². The first-order chi connectivity index (χ1) is 12.9. The zero-order valence-electron chi connectivity index (χ0n) is 15.3. The van der Waals surface area contributed by atoms with Crippen LogP contribution in [0.3, 0.4) is 0 Å². The number of aryl methyl sites for hydroxylation is 3. The number of carbonyl (C=O) groups is 2. The highest BCUT2D eigenvalue weighted by atomic mass is 32.1. The Morgan fingerprint density at radius 3 is 2.56 bits per heavy atom. The molecule has 0 N–H and O–H groups in total. The van der Waals surface area contributed by atoms with Crippen LogP contribution in [0.5, 0.6) is 5.75 Å². The summed E-state index contributed by atoms with van der Waals surface area (Å²) in [6, 6.07) is 8.65. The van der Waals surface area contributed by atoms with Crippen molar-refractivity contribution in [3.63, 3.8) is 0 Å². The third-order valence-electron chi connectivity index (χ3n) is 3.82. The zero-order valence-corrected chi connectivity index (χ0v) is 16.9. The molecule has 3 aromatic rings. The number of rotatable bonds is 7. The molecule has 7 heteroatoms. The number of para-hydroxylation sites is 1. The number of hydrogen-bond donors (Lipinski definition) is 0. The Hall–Kier alpha value is -2.51. The minimum atomic E-state index is -0.585. The van der Waals surface area contributed by atoms with Crippen molar-refractivity contribution in [1.29, 1.82) is 0 Å². The van der Waals surface area contributed by atoms with Crippen LogP contribution in [0.1, 0.15) is 41.2 Å². The van der Waals surface area contributed by atoms with Crippen LogP contribution >= 0.6 is 22.7 Å². The van der Waals surface area contributed by atoms with E-state index in [1.165, 1.54) is 0 Å². The molecular formula is C20H19NO4S2. The molecule has 5 nitrogen and oxygen atoms in total. The van der Waals surface area contributed by atoms with Crippen molar-refractivity contribution in [2.24, 2.45) is 0 Å². The van der Waals surface area contributed by atoms with Crippen molar-refractivity contribution in [3.05, 3.63) is 67.3 Å². The molecule has 0 saturated heterocycles. The van der Waals surface area contributed by atoms with Crippen LogP contribution in [-0.2, 0) is 11.3 Å². The molecule has 0 unspecified atom stereocenters. The standard InChI is InChI=1S/C20H19NO4S2/c1-12-8-17(13(2)27-12)18(22)10-25-20(23)16-6-4-5-7-19(16)24-9-15-11-26-14(3)21-15/h4-8,11H,9-10H2,1-3H3. The number of thiophene rings is 1. The Kier molecular flexibility index (Phi) is 6.03. The Morgan fingerprint density at radius 1 is 1.11 bits per heavy atom. The number of ketones is 1. The van der Waals surface area contributed by atoms with E-state index in [2.05, 4.69) is 4.98 Å². The van der Waals surface area contributed by atoms with Gasteiger partial charge in [0.25, 0.3) is 0 Å². The summed E-state index contributed by atoms with van der Waals surface area (Å²) < 4.78 is 11.0. The summed E-state index contributed by atoms with van der Waals surface area (Å²) in [5, 5.41) is 2.87. The summed E-state index contributed by atoms with van der Waals surface area (Å²) in [6.45, 7) is 5.72. The van der Waals surface area contributed by atoms with Gasteiger partial charge >= 0.3 is 5.97 Å². The van der Waals surface area contributed by atoms with Gasteiger partial charge in [0.15, 0.2) is 6.61 Å². The molecule has 0 spiro atoms. The van der Waals surface area contributed by atoms with E-state index in [4.69, 9.17) is 9.47 Å². The topological polar surface area (TPSA) is 65.5 Å². The van der Waals surface area contributed by atoms with Crippen LogP contribution < -0.4 is 4.74 Å². The highest BCUT2D eigenvalue weighted by molar-refractivity contribution is 7.12. The van der Waals surface area contributed by atoms with E-state index in [1.807, 2.05) is 32.2 Å². The normalized spacial score (nSPS) is 10.6. The molecule has 2 aromatic heterocycles. The molecule has 0 atom stereocenters. The van der Waals surface area contributed by atoms with Gasteiger partial charge in [-0.25, -0.2) is 9.78 Å². The number of Topliss-reactive ketones (excluding diaryl/α,β-unsaturated/α-hetero) is 1. The van der Waals surface area contributed by atoms with Crippen molar-refractivity contribution >= 4 is 34.4 Å². The average molecular weight is 402 g/mol. The quantitative estimate of drug-likeness (QED) is 0.422. The summed E-state index contributed by atoms with van der Waals surface area (Å²) >= 11 is 3.09. The summed E-state index contributed by atoms with van der Waals surface area (Å²) in [6.07, 6.45) is 0. The Labute approximate surface area is 165 Å². The Morgan fingerprint density at radius 2 is 1.89 bits per heavy atom. The van der Waals surface area contributed by atoms with Gasteiger partial charge in [-0.1, -0.05) is 12.1 Å². The van der Waals surface area contributed by atoms with E-state index in [1.54, 1.807) is 46.9 Å². The molecule has 1 aromatic carbocycles. The van der Waals surface area contributed by atoms with Gasteiger partial charge in [-0.3, -0.25) is 4.79 Å². The molecule has 27 heavy (non-hydrogen) atoms. The van der Waals surface area contributed by atoms with Crippen molar-refractivity contribution < 1.29 is 19.1 Å². The highest BCUT2D eigenvalue weighted by Crippen LogP contribution is 2.23. The van der Waals surface area contributed by atoms with Gasteiger partial charge in [-0.2, -0.15) is 0 Å². The monoisotopic (exact) mass is 401 g/mol. The number of nitrogens with zero attached hydrogens (tertiary/aromatic N) is 1. The Bertz CT molecular complexity index is 974. The maximum Gasteiger partial charge on any atom is 0.342 e. The molecule has 3 rings (SSSR count). The molecule has 0 aliphatic rings. The van der Waals surface area contributed by atoms with Crippen molar-refractivity contribution in [3.8, 4) is 5.75 Å². The predicted molar refractivity (Wildman–Crippen MR) is 106 cm³/mol. The number of aromatic nitrogens is 1. The summed E-state index contributed by atoms with van der Waals surface area (Å²) in [5.74, 6) is -0.386. The summed E-state index contributed by atoms with van der Waals surface area (Å²) in [4.78, 5) is 31.1. The van der Waals surface area contributed by atoms with Crippen LogP contribution in [0.4, 0.5) is 0 Å². The average Bonchev–Trinajstić information content (AvgIpc) is 3.22. The first-order valence-electron chi connectivity index (χ1n) is 8.34. The van der Waals surface area contributed by atoms with Crippen molar-refractivity contribution in [1.82, 2.24) is 4.98 Å². The number of thiazole rings is 1. The van der Waals surface area contributed by atoms with Gasteiger partial charge in [-0.05, 0) is 39.0 Å². The largest absolute Gasteiger partial charge is 0.486 e. The second-order valence-electron chi connectivity index (χ2n) is 5.97. The molecule has 0 fully saturated rings. The summed E-state index contributed by atoms with van der Waals surface area (Å²) in [7, 11) is 0. The highest BCUT2D eigenvalue weighted by Gasteiger charge is 2.18. The lowest BCUT2D eigenvalue weighted by molar-refractivity contribution is 0.0470. The van der Waals surface area contributed by atoms with Crippen molar-refractivity contribution in [2.75, 3.05) is 6.61 Å². The Balaban J connectivity index is 1.64. The molecule has 0 aliphatic heterocycles. The lowest BCUT2D eigenvalue weighted by Crippen LogP contribution is -2.15. The summed E-state index contributed by atoms with van der Waals surface area (Å²) in [5.41, 5.74) is 1.70. The van der Waals surface area contributed by atoms with Gasteiger partial charge in [0.1, 0.15) is 17.9 Å². The van der Waals surface area contributed by atoms with Crippen LogP contribution in [-0.4, -0.2) is 23.3 Å². The molecule has 0 radical (unpaired) electrons. The van der Waals surface area contributed by atoms with Gasteiger partial charge in [0.05, 0.1) is 10.7 Å². The fourth-order valence-corrected chi connectivity index (χ4v) is 4.12. The molecule has 0 aliphatic carbocycles. The molecule has 2 heterocycles. The smallest absolute Gasteiger partial charge is 0.342 e.